The number of nitriles is 1. The summed E-state index contributed by atoms with van der Waals surface area (Å²) in [7, 11) is 2.43. The second-order valence-corrected chi connectivity index (χ2v) is 7.32. The fraction of sp³-hybridized carbons (Fsp3) is 0.217. The number of hydrogen-bond donors (Lipinski definition) is 0. The minimum Gasteiger partial charge on any atom is -0.490 e. The summed E-state index contributed by atoms with van der Waals surface area (Å²) >= 11 is 3.43. The van der Waals surface area contributed by atoms with Crippen LogP contribution in [0.15, 0.2) is 46.9 Å². The Labute approximate surface area is 198 Å². The first-order chi connectivity index (χ1) is 16.0. The molecule has 33 heavy (non-hydrogen) atoms. The molecule has 0 unspecified atom stereocenters. The van der Waals surface area contributed by atoms with E-state index in [9.17, 15) is 9.59 Å². The Balaban J connectivity index is 2.33. The average Bonchev–Trinajstić information content (AvgIpc) is 3.24. The van der Waals surface area contributed by atoms with Gasteiger partial charge in [-0.3, -0.25) is 0 Å². The highest BCUT2D eigenvalue weighted by Gasteiger charge is 2.32. The molecular weight excluding hydrogens is 494 g/mol. The Hall–Kier alpha value is -3.84. The van der Waals surface area contributed by atoms with Gasteiger partial charge >= 0.3 is 11.9 Å². The van der Waals surface area contributed by atoms with Crippen LogP contribution in [0.25, 0.3) is 16.9 Å². The van der Waals surface area contributed by atoms with E-state index in [1.54, 1.807) is 43.3 Å². The smallest absolute Gasteiger partial charge is 0.357 e. The number of carbonyl (C=O) groups excluding carboxylic acids is 2. The average molecular weight is 514 g/mol. The standard InChI is InChI=1S/C23H20BrN3O6/c1-4-32-17-13-14(12-16(24)21(17)33-11-10-25)19-18(22(28)30-2)20(23(29)31-3)27(26-19)15-8-6-5-7-9-15/h5-9,12-13H,4,11H2,1-3H3. The summed E-state index contributed by atoms with van der Waals surface area (Å²) in [6, 6.07) is 14.0. The molecule has 0 aliphatic heterocycles. The van der Waals surface area contributed by atoms with Gasteiger partial charge in [0.2, 0.25) is 0 Å². The number of hydrogen-bond acceptors (Lipinski definition) is 8. The van der Waals surface area contributed by atoms with Gasteiger partial charge in [0.15, 0.2) is 23.8 Å². The predicted octanol–water partition coefficient (Wildman–Crippen LogP) is 4.18. The van der Waals surface area contributed by atoms with Crippen LogP contribution in [0.5, 0.6) is 11.5 Å². The van der Waals surface area contributed by atoms with Crippen LogP contribution in [0, 0.1) is 11.3 Å². The Morgan fingerprint density at radius 2 is 1.79 bits per heavy atom. The number of nitrogens with zero attached hydrogens (tertiary/aromatic N) is 3. The number of halogens is 1. The molecule has 0 atom stereocenters. The van der Waals surface area contributed by atoms with Crippen molar-refractivity contribution in [3.05, 3.63) is 58.2 Å². The molecule has 9 nitrogen and oxygen atoms in total. The van der Waals surface area contributed by atoms with Gasteiger partial charge in [-0.25, -0.2) is 14.3 Å². The number of methoxy groups -OCH3 is 2. The number of ether oxygens (including phenoxy) is 4. The van der Waals surface area contributed by atoms with Crippen LogP contribution < -0.4 is 9.47 Å². The predicted molar refractivity (Wildman–Crippen MR) is 122 cm³/mol. The summed E-state index contributed by atoms with van der Waals surface area (Å²) in [5.74, 6) is -0.846. The number of benzene rings is 2. The summed E-state index contributed by atoms with van der Waals surface area (Å²) in [5, 5.41) is 13.4. The van der Waals surface area contributed by atoms with Crippen LogP contribution in [0.4, 0.5) is 0 Å². The molecule has 0 aliphatic rings. The van der Waals surface area contributed by atoms with Crippen LogP contribution in [0.2, 0.25) is 0 Å². The maximum Gasteiger partial charge on any atom is 0.357 e. The topological polar surface area (TPSA) is 113 Å². The number of esters is 2. The fourth-order valence-corrected chi connectivity index (χ4v) is 3.73. The summed E-state index contributed by atoms with van der Waals surface area (Å²) < 4.78 is 22.9. The summed E-state index contributed by atoms with van der Waals surface area (Å²) in [6.07, 6.45) is 0. The molecule has 10 heteroatoms. The maximum atomic E-state index is 12.8. The van der Waals surface area contributed by atoms with E-state index in [0.717, 1.165) is 0 Å². The number of aromatic nitrogens is 2. The minimum absolute atomic E-state index is 0.0618. The monoisotopic (exact) mass is 513 g/mol. The van der Waals surface area contributed by atoms with Crippen molar-refractivity contribution >= 4 is 27.9 Å². The first-order valence-electron chi connectivity index (χ1n) is 9.78. The second-order valence-electron chi connectivity index (χ2n) is 6.47. The quantitative estimate of drug-likeness (QED) is 0.412. The Kier molecular flexibility index (Phi) is 7.69. The number of carbonyl (C=O) groups is 2. The Bertz CT molecular complexity index is 1220. The molecule has 0 bridgehead atoms. The maximum absolute atomic E-state index is 12.8. The molecule has 1 heterocycles. The fourth-order valence-electron chi connectivity index (χ4n) is 3.17. The molecular formula is C23H20BrN3O6. The Morgan fingerprint density at radius 1 is 1.09 bits per heavy atom. The molecule has 2 aromatic carbocycles. The molecule has 0 saturated heterocycles. The molecule has 0 amide bonds. The van der Waals surface area contributed by atoms with Crippen molar-refractivity contribution in [2.45, 2.75) is 6.92 Å². The van der Waals surface area contributed by atoms with Crippen LogP contribution in [-0.4, -0.2) is 49.2 Å². The molecule has 0 N–H and O–H groups in total. The lowest BCUT2D eigenvalue weighted by atomic mass is 10.0. The summed E-state index contributed by atoms with van der Waals surface area (Å²) in [5.41, 5.74) is 1.04. The SMILES string of the molecule is CCOc1cc(-c2nn(-c3ccccc3)c(C(=O)OC)c2C(=O)OC)cc(Br)c1OCC#N. The highest BCUT2D eigenvalue weighted by molar-refractivity contribution is 9.10. The Morgan fingerprint density at radius 3 is 2.39 bits per heavy atom. The molecule has 3 aromatic rings. The van der Waals surface area contributed by atoms with Gasteiger partial charge in [0.05, 0.1) is 31.0 Å². The highest BCUT2D eigenvalue weighted by atomic mass is 79.9. The van der Waals surface area contributed by atoms with E-state index < -0.39 is 11.9 Å². The van der Waals surface area contributed by atoms with E-state index in [2.05, 4.69) is 21.0 Å². The molecule has 170 valence electrons. The van der Waals surface area contributed by atoms with Gasteiger partial charge in [0.25, 0.3) is 0 Å². The van der Waals surface area contributed by atoms with Crippen molar-refractivity contribution in [1.29, 1.82) is 5.26 Å². The van der Waals surface area contributed by atoms with E-state index in [-0.39, 0.29) is 23.6 Å². The third-order valence-electron chi connectivity index (χ3n) is 4.52. The largest absolute Gasteiger partial charge is 0.490 e. The van der Waals surface area contributed by atoms with Crippen LogP contribution in [0.3, 0.4) is 0 Å². The lowest BCUT2D eigenvalue weighted by Crippen LogP contribution is -2.15. The molecule has 0 spiro atoms. The molecule has 1 aromatic heterocycles. The van der Waals surface area contributed by atoms with Gasteiger partial charge in [0.1, 0.15) is 17.3 Å². The van der Waals surface area contributed by atoms with Gasteiger partial charge in [-0.1, -0.05) is 18.2 Å². The van der Waals surface area contributed by atoms with Gasteiger partial charge in [-0.2, -0.15) is 10.4 Å². The molecule has 3 rings (SSSR count). The van der Waals surface area contributed by atoms with Gasteiger partial charge in [-0.15, -0.1) is 0 Å². The van der Waals surface area contributed by atoms with Crippen molar-refractivity contribution in [3.8, 4) is 34.5 Å². The third kappa shape index (κ3) is 4.83. The number of para-hydroxylation sites is 1. The zero-order valence-electron chi connectivity index (χ0n) is 18.1. The molecule has 0 aliphatic carbocycles. The third-order valence-corrected chi connectivity index (χ3v) is 5.11. The van der Waals surface area contributed by atoms with Crippen molar-refractivity contribution in [2.24, 2.45) is 0 Å². The second kappa shape index (κ2) is 10.7. The van der Waals surface area contributed by atoms with Gasteiger partial charge < -0.3 is 18.9 Å². The highest BCUT2D eigenvalue weighted by Crippen LogP contribution is 2.41. The molecule has 0 radical (unpaired) electrons. The lowest BCUT2D eigenvalue weighted by molar-refractivity contribution is 0.0549. The lowest BCUT2D eigenvalue weighted by Gasteiger charge is -2.14. The molecule has 0 saturated carbocycles. The van der Waals surface area contributed by atoms with Crippen molar-refractivity contribution in [3.63, 3.8) is 0 Å². The zero-order chi connectivity index (χ0) is 24.0. The summed E-state index contributed by atoms with van der Waals surface area (Å²) in [6.45, 7) is 1.95. The van der Waals surface area contributed by atoms with E-state index in [0.29, 0.717) is 33.8 Å². The minimum atomic E-state index is -0.758. The van der Waals surface area contributed by atoms with Gasteiger partial charge in [0, 0.05) is 5.56 Å². The van der Waals surface area contributed by atoms with Crippen molar-refractivity contribution in [2.75, 3.05) is 27.4 Å². The van der Waals surface area contributed by atoms with Crippen molar-refractivity contribution in [1.82, 2.24) is 9.78 Å². The van der Waals surface area contributed by atoms with E-state index in [1.165, 1.54) is 18.9 Å². The van der Waals surface area contributed by atoms with Crippen molar-refractivity contribution < 1.29 is 28.5 Å². The summed E-state index contributed by atoms with van der Waals surface area (Å²) in [4.78, 5) is 25.5. The van der Waals surface area contributed by atoms with Crippen LogP contribution in [-0.2, 0) is 9.47 Å². The zero-order valence-corrected chi connectivity index (χ0v) is 19.7. The van der Waals surface area contributed by atoms with Crippen LogP contribution in [0.1, 0.15) is 27.8 Å². The first kappa shape index (κ1) is 23.8. The van der Waals surface area contributed by atoms with E-state index >= 15 is 0 Å². The molecule has 0 fully saturated rings. The van der Waals surface area contributed by atoms with Crippen LogP contribution >= 0.6 is 15.9 Å². The van der Waals surface area contributed by atoms with Gasteiger partial charge in [-0.05, 0) is 47.1 Å². The number of rotatable bonds is 8. The van der Waals surface area contributed by atoms with E-state index in [1.807, 2.05) is 12.1 Å². The normalized spacial score (nSPS) is 10.3. The van der Waals surface area contributed by atoms with E-state index in [4.69, 9.17) is 24.2 Å². The first-order valence-corrected chi connectivity index (χ1v) is 10.6.